The lowest BCUT2D eigenvalue weighted by molar-refractivity contribution is 0.249. The minimum atomic E-state index is 0.421. The van der Waals surface area contributed by atoms with Gasteiger partial charge in [-0.2, -0.15) is 0 Å². The van der Waals surface area contributed by atoms with E-state index in [-0.39, 0.29) is 0 Å². The fourth-order valence-electron chi connectivity index (χ4n) is 4.06. The van der Waals surface area contributed by atoms with Crippen molar-refractivity contribution in [3.05, 3.63) is 64.4 Å². The van der Waals surface area contributed by atoms with Gasteiger partial charge in [0.2, 0.25) is 0 Å². The number of guanidine groups is 1. The molecule has 1 aromatic heterocycles. The van der Waals surface area contributed by atoms with E-state index in [0.29, 0.717) is 6.04 Å². The van der Waals surface area contributed by atoms with Gasteiger partial charge in [-0.3, -0.25) is 9.89 Å². The number of likely N-dealkylation sites (tertiary alicyclic amines) is 1. The zero-order valence-corrected chi connectivity index (χ0v) is 18.0. The molecule has 1 saturated heterocycles. The van der Waals surface area contributed by atoms with Crippen molar-refractivity contribution in [1.29, 1.82) is 0 Å². The van der Waals surface area contributed by atoms with E-state index in [4.69, 9.17) is 0 Å². The smallest absolute Gasteiger partial charge is 0.191 e. The average molecular weight is 410 g/mol. The molecule has 0 amide bonds. The highest BCUT2D eigenvalue weighted by Crippen LogP contribution is 2.27. The van der Waals surface area contributed by atoms with Gasteiger partial charge >= 0.3 is 0 Å². The first-order valence-electron chi connectivity index (χ1n) is 10.5. The molecule has 0 bridgehead atoms. The third-order valence-corrected chi connectivity index (χ3v) is 6.69. The Hall–Kier alpha value is -2.31. The van der Waals surface area contributed by atoms with Crippen molar-refractivity contribution in [2.45, 2.75) is 25.4 Å². The van der Waals surface area contributed by atoms with Crippen molar-refractivity contribution in [3.8, 4) is 0 Å². The van der Waals surface area contributed by atoms with E-state index < -0.39 is 0 Å². The molecule has 1 fully saturated rings. The van der Waals surface area contributed by atoms with E-state index in [0.717, 1.165) is 32.1 Å². The molecule has 2 aliphatic rings. The van der Waals surface area contributed by atoms with Crippen LogP contribution in [0.2, 0.25) is 0 Å². The van der Waals surface area contributed by atoms with Gasteiger partial charge in [0.25, 0.3) is 0 Å². The van der Waals surface area contributed by atoms with Crippen LogP contribution in [-0.2, 0) is 6.54 Å². The maximum absolute atomic E-state index is 4.43. The van der Waals surface area contributed by atoms with E-state index in [2.05, 4.69) is 79.4 Å². The van der Waals surface area contributed by atoms with Gasteiger partial charge in [0.15, 0.2) is 5.96 Å². The summed E-state index contributed by atoms with van der Waals surface area (Å²) in [7, 11) is 1.84. The van der Waals surface area contributed by atoms with Gasteiger partial charge < -0.3 is 15.5 Å². The van der Waals surface area contributed by atoms with Crippen LogP contribution in [0.25, 0.3) is 0 Å². The number of nitrogens with zero attached hydrogens (tertiary/aromatic N) is 3. The second-order valence-corrected chi connectivity index (χ2v) is 8.60. The quantitative estimate of drug-likeness (QED) is 0.416. The van der Waals surface area contributed by atoms with Gasteiger partial charge in [-0.1, -0.05) is 30.4 Å². The molecule has 154 valence electrons. The number of nitrogens with one attached hydrogen (secondary N) is 2. The molecular weight excluding hydrogens is 378 g/mol. The van der Waals surface area contributed by atoms with Crippen LogP contribution in [0.1, 0.15) is 29.3 Å². The van der Waals surface area contributed by atoms with Gasteiger partial charge in [0, 0.05) is 43.8 Å². The lowest BCUT2D eigenvalue weighted by Gasteiger charge is -2.27. The predicted molar refractivity (Wildman–Crippen MR) is 124 cm³/mol. The van der Waals surface area contributed by atoms with Gasteiger partial charge in [0.05, 0.1) is 6.04 Å². The fraction of sp³-hybridized carbons (Fsp3) is 0.435. The second kappa shape index (κ2) is 9.94. The number of anilines is 1. The molecule has 5 nitrogen and oxygen atoms in total. The van der Waals surface area contributed by atoms with Crippen LogP contribution < -0.4 is 15.5 Å². The summed E-state index contributed by atoms with van der Waals surface area (Å²) in [6.45, 7) is 6.05. The zero-order chi connectivity index (χ0) is 19.9. The van der Waals surface area contributed by atoms with Crippen molar-refractivity contribution in [2.75, 3.05) is 44.7 Å². The Kier molecular flexibility index (Phi) is 6.85. The lowest BCUT2D eigenvalue weighted by Crippen LogP contribution is -2.42. The van der Waals surface area contributed by atoms with Crippen LogP contribution in [0.3, 0.4) is 0 Å². The largest absolute Gasteiger partial charge is 0.364 e. The van der Waals surface area contributed by atoms with Crippen LogP contribution in [-0.4, -0.2) is 50.6 Å². The first kappa shape index (κ1) is 20.0. The van der Waals surface area contributed by atoms with Crippen LogP contribution in [0.4, 0.5) is 5.69 Å². The van der Waals surface area contributed by atoms with E-state index in [1.165, 1.54) is 42.1 Å². The van der Waals surface area contributed by atoms with E-state index in [1.54, 1.807) is 0 Å². The van der Waals surface area contributed by atoms with Crippen LogP contribution in [0, 0.1) is 0 Å². The van der Waals surface area contributed by atoms with Gasteiger partial charge in [-0.05, 0) is 55.1 Å². The van der Waals surface area contributed by atoms with Crippen LogP contribution >= 0.6 is 11.3 Å². The summed E-state index contributed by atoms with van der Waals surface area (Å²) >= 11 is 1.85. The van der Waals surface area contributed by atoms with Crippen molar-refractivity contribution >= 4 is 23.0 Å². The van der Waals surface area contributed by atoms with Crippen molar-refractivity contribution in [1.82, 2.24) is 15.5 Å². The summed E-state index contributed by atoms with van der Waals surface area (Å²) in [6, 6.07) is 13.6. The third kappa shape index (κ3) is 5.19. The first-order chi connectivity index (χ1) is 14.3. The molecule has 1 aromatic carbocycles. The molecule has 0 radical (unpaired) electrons. The maximum atomic E-state index is 4.43. The molecule has 3 heterocycles. The number of thiophene rings is 1. The average Bonchev–Trinajstić information content (AvgIpc) is 3.54. The minimum absolute atomic E-state index is 0.421. The van der Waals surface area contributed by atoms with E-state index in [1.807, 2.05) is 18.4 Å². The molecule has 1 unspecified atom stereocenters. The van der Waals surface area contributed by atoms with Crippen LogP contribution in [0.15, 0.2) is 58.9 Å². The number of aliphatic imine (C=N–C) groups is 1. The summed E-state index contributed by atoms with van der Waals surface area (Å²) in [5, 5.41) is 9.19. The lowest BCUT2D eigenvalue weighted by atomic mass is 10.2. The zero-order valence-electron chi connectivity index (χ0n) is 17.2. The monoisotopic (exact) mass is 409 g/mol. The molecule has 2 N–H and O–H groups in total. The molecule has 2 aromatic rings. The highest BCUT2D eigenvalue weighted by molar-refractivity contribution is 7.10. The highest BCUT2D eigenvalue weighted by Gasteiger charge is 2.24. The third-order valence-electron chi connectivity index (χ3n) is 5.72. The minimum Gasteiger partial charge on any atom is -0.364 e. The topological polar surface area (TPSA) is 42.9 Å². The normalized spacial score (nSPS) is 18.4. The summed E-state index contributed by atoms with van der Waals surface area (Å²) in [5.41, 5.74) is 2.55. The maximum Gasteiger partial charge on any atom is 0.191 e. The van der Waals surface area contributed by atoms with E-state index >= 15 is 0 Å². The Bertz CT molecular complexity index is 798. The number of hydrogen-bond donors (Lipinski definition) is 2. The number of rotatable bonds is 7. The Morgan fingerprint density at radius 1 is 1.07 bits per heavy atom. The molecular formula is C23H31N5S. The Morgan fingerprint density at radius 3 is 2.48 bits per heavy atom. The number of hydrogen-bond acceptors (Lipinski definition) is 4. The van der Waals surface area contributed by atoms with Crippen LogP contribution in [0.5, 0.6) is 0 Å². The molecule has 0 spiro atoms. The summed E-state index contributed by atoms with van der Waals surface area (Å²) in [6.07, 6.45) is 7.05. The summed E-state index contributed by atoms with van der Waals surface area (Å²) in [5.74, 6) is 0.860. The summed E-state index contributed by atoms with van der Waals surface area (Å²) in [4.78, 5) is 10.8. The molecule has 0 saturated carbocycles. The predicted octanol–water partition coefficient (Wildman–Crippen LogP) is 3.63. The molecule has 6 heteroatoms. The van der Waals surface area contributed by atoms with E-state index in [9.17, 15) is 0 Å². The Labute approximate surface area is 178 Å². The SMILES string of the molecule is CN=C(NCc1ccc(N2CC=CC2)cc1)NCC(c1cccs1)N1CCCC1. The highest BCUT2D eigenvalue weighted by atomic mass is 32.1. The van der Waals surface area contributed by atoms with Crippen molar-refractivity contribution < 1.29 is 0 Å². The molecule has 29 heavy (non-hydrogen) atoms. The Morgan fingerprint density at radius 2 is 1.83 bits per heavy atom. The molecule has 0 aliphatic carbocycles. The standard InChI is InChI=1S/C23H31N5S/c1-24-23(25-17-19-8-10-20(11-9-19)27-12-2-3-13-27)26-18-21(22-7-6-16-29-22)28-14-4-5-15-28/h2-3,6-11,16,21H,4-5,12-15,17-18H2,1H3,(H2,24,25,26). The summed E-state index contributed by atoms with van der Waals surface area (Å²) < 4.78 is 0. The second-order valence-electron chi connectivity index (χ2n) is 7.62. The molecule has 1 atom stereocenters. The molecule has 2 aliphatic heterocycles. The first-order valence-corrected chi connectivity index (χ1v) is 11.4. The van der Waals surface area contributed by atoms with Gasteiger partial charge in [-0.25, -0.2) is 0 Å². The molecule has 4 rings (SSSR count). The number of benzene rings is 1. The fourth-order valence-corrected chi connectivity index (χ4v) is 4.92. The van der Waals surface area contributed by atoms with Crippen molar-refractivity contribution in [3.63, 3.8) is 0 Å². The van der Waals surface area contributed by atoms with Gasteiger partial charge in [0.1, 0.15) is 0 Å². The van der Waals surface area contributed by atoms with Crippen molar-refractivity contribution in [2.24, 2.45) is 4.99 Å². The van der Waals surface area contributed by atoms with Gasteiger partial charge in [-0.15, -0.1) is 11.3 Å². The Balaban J connectivity index is 1.29.